The van der Waals surface area contributed by atoms with Gasteiger partial charge in [-0.25, -0.2) is 4.98 Å². The second-order valence-corrected chi connectivity index (χ2v) is 6.79. The van der Waals surface area contributed by atoms with Crippen molar-refractivity contribution in [1.82, 2.24) is 9.97 Å². The number of nitrogens with one attached hydrogen (secondary N) is 2. The Bertz CT molecular complexity index is 851. The van der Waals surface area contributed by atoms with E-state index in [1.807, 2.05) is 0 Å². The van der Waals surface area contributed by atoms with E-state index in [4.69, 9.17) is 0 Å². The molecule has 0 spiro atoms. The molecule has 0 radical (unpaired) electrons. The van der Waals surface area contributed by atoms with Crippen LogP contribution in [0.5, 0.6) is 0 Å². The van der Waals surface area contributed by atoms with E-state index in [-0.39, 0.29) is 29.6 Å². The highest BCUT2D eigenvalue weighted by molar-refractivity contribution is 5.60. The van der Waals surface area contributed by atoms with Gasteiger partial charge in [-0.3, -0.25) is 0 Å². The van der Waals surface area contributed by atoms with Crippen molar-refractivity contribution in [2.75, 3.05) is 17.2 Å². The van der Waals surface area contributed by atoms with Crippen LogP contribution in [-0.4, -0.2) is 27.7 Å². The molecule has 0 aliphatic heterocycles. The molecule has 160 valence electrons. The Morgan fingerprint density at radius 2 is 1.66 bits per heavy atom. The number of halogens is 6. The summed E-state index contributed by atoms with van der Waals surface area (Å²) in [6.45, 7) is 4.40. The normalized spacial score (nSPS) is 13.5. The largest absolute Gasteiger partial charge is 0.433 e. The van der Waals surface area contributed by atoms with Gasteiger partial charge in [0, 0.05) is 11.8 Å². The van der Waals surface area contributed by atoms with E-state index < -0.39 is 35.6 Å². The molecular weight excluding hydrogens is 402 g/mol. The third kappa shape index (κ3) is 5.96. The van der Waals surface area contributed by atoms with Gasteiger partial charge < -0.3 is 15.7 Å². The van der Waals surface area contributed by atoms with Crippen LogP contribution >= 0.6 is 0 Å². The van der Waals surface area contributed by atoms with Crippen molar-refractivity contribution in [2.45, 2.75) is 39.2 Å². The first-order chi connectivity index (χ1) is 13.3. The number of hydrogen-bond acceptors (Lipinski definition) is 5. The van der Waals surface area contributed by atoms with Crippen LogP contribution in [-0.2, 0) is 12.4 Å². The second-order valence-electron chi connectivity index (χ2n) is 6.79. The first-order valence-corrected chi connectivity index (χ1v) is 8.59. The van der Waals surface area contributed by atoms with Crippen LogP contribution in [0, 0.1) is 12.8 Å². The molecule has 0 saturated carbocycles. The van der Waals surface area contributed by atoms with Gasteiger partial charge in [0.05, 0.1) is 18.2 Å². The summed E-state index contributed by atoms with van der Waals surface area (Å²) in [5.41, 5.74) is -2.29. The van der Waals surface area contributed by atoms with Crippen molar-refractivity contribution < 1.29 is 31.4 Å². The zero-order chi connectivity index (χ0) is 22.0. The number of alkyl halides is 6. The molecule has 0 aliphatic carbocycles. The third-order valence-corrected chi connectivity index (χ3v) is 4.15. The molecule has 1 aromatic carbocycles. The average Bonchev–Trinajstić information content (AvgIpc) is 2.59. The molecule has 11 heteroatoms. The average molecular weight is 422 g/mol. The highest BCUT2D eigenvalue weighted by atomic mass is 19.4. The number of benzene rings is 1. The first kappa shape index (κ1) is 22.7. The van der Waals surface area contributed by atoms with Gasteiger partial charge in [-0.05, 0) is 30.5 Å². The molecule has 1 aromatic heterocycles. The van der Waals surface area contributed by atoms with Gasteiger partial charge in [0.25, 0.3) is 0 Å². The van der Waals surface area contributed by atoms with Crippen molar-refractivity contribution in [3.63, 3.8) is 0 Å². The molecule has 3 N–H and O–H groups in total. The quantitative estimate of drug-likeness (QED) is 0.572. The second kappa shape index (κ2) is 8.44. The lowest BCUT2D eigenvalue weighted by Gasteiger charge is -2.21. The molecule has 0 unspecified atom stereocenters. The van der Waals surface area contributed by atoms with Crippen molar-refractivity contribution in [3.05, 3.63) is 41.1 Å². The molecular formula is C18H20F6N4O. The number of aromatic nitrogens is 2. The number of aliphatic hydroxyl groups excluding tert-OH is 1. The van der Waals surface area contributed by atoms with Crippen molar-refractivity contribution in [2.24, 2.45) is 5.92 Å². The maximum absolute atomic E-state index is 13.2. The SMILES string of the molecule is Cc1ccc(Nc2cc(C(F)(F)F)nc(N[C@@H](CO)C(C)C)n2)cc1C(F)(F)F. The topological polar surface area (TPSA) is 70.1 Å². The van der Waals surface area contributed by atoms with E-state index in [1.165, 1.54) is 19.1 Å². The number of nitrogens with zero attached hydrogens (tertiary/aromatic N) is 2. The minimum Gasteiger partial charge on any atom is -0.394 e. The van der Waals surface area contributed by atoms with Crippen molar-refractivity contribution >= 4 is 17.5 Å². The molecule has 2 aromatic rings. The van der Waals surface area contributed by atoms with E-state index in [2.05, 4.69) is 20.6 Å². The maximum Gasteiger partial charge on any atom is 0.433 e. The smallest absolute Gasteiger partial charge is 0.394 e. The molecule has 1 atom stereocenters. The Labute approximate surface area is 163 Å². The van der Waals surface area contributed by atoms with Gasteiger partial charge in [-0.1, -0.05) is 19.9 Å². The van der Waals surface area contributed by atoms with Gasteiger partial charge in [0.2, 0.25) is 5.95 Å². The van der Waals surface area contributed by atoms with E-state index in [9.17, 15) is 31.4 Å². The summed E-state index contributed by atoms with van der Waals surface area (Å²) >= 11 is 0. The molecule has 2 rings (SSSR count). The number of aliphatic hydroxyl groups is 1. The highest BCUT2D eigenvalue weighted by Crippen LogP contribution is 2.35. The highest BCUT2D eigenvalue weighted by Gasteiger charge is 2.35. The van der Waals surface area contributed by atoms with Crippen LogP contribution in [0.4, 0.5) is 43.8 Å². The van der Waals surface area contributed by atoms with E-state index >= 15 is 0 Å². The van der Waals surface area contributed by atoms with E-state index in [0.29, 0.717) is 6.07 Å². The van der Waals surface area contributed by atoms with Gasteiger partial charge >= 0.3 is 12.4 Å². The van der Waals surface area contributed by atoms with Gasteiger partial charge in [-0.15, -0.1) is 0 Å². The lowest BCUT2D eigenvalue weighted by Crippen LogP contribution is -2.30. The molecule has 0 fully saturated rings. The van der Waals surface area contributed by atoms with Gasteiger partial charge in [0.1, 0.15) is 5.82 Å². The summed E-state index contributed by atoms with van der Waals surface area (Å²) in [5.74, 6) is -0.883. The fourth-order valence-corrected chi connectivity index (χ4v) is 2.46. The summed E-state index contributed by atoms with van der Waals surface area (Å²) in [5, 5.41) is 14.4. The van der Waals surface area contributed by atoms with Crippen LogP contribution < -0.4 is 10.6 Å². The molecule has 0 saturated heterocycles. The number of aryl methyl sites for hydroxylation is 1. The summed E-state index contributed by atoms with van der Waals surface area (Å²) < 4.78 is 78.8. The predicted molar refractivity (Wildman–Crippen MR) is 95.8 cm³/mol. The maximum atomic E-state index is 13.2. The minimum absolute atomic E-state index is 0.0215. The number of hydrogen-bond donors (Lipinski definition) is 3. The van der Waals surface area contributed by atoms with Gasteiger partial charge in [0.15, 0.2) is 5.69 Å². The Kier molecular flexibility index (Phi) is 6.61. The summed E-state index contributed by atoms with van der Waals surface area (Å²) in [7, 11) is 0. The Hall–Kier alpha value is -2.56. The standard InChI is InChI=1S/C18H20F6N4O/c1-9(2)13(8-29)26-16-27-14(18(22,23)24)7-15(28-16)25-11-5-4-10(3)12(6-11)17(19,20)21/h4-7,9,13,29H,8H2,1-3H3,(H2,25,26,27,28)/t13-/m0/s1. The Balaban J connectivity index is 2.43. The van der Waals surface area contributed by atoms with E-state index in [0.717, 1.165) is 6.07 Å². The predicted octanol–water partition coefficient (Wildman–Crippen LogP) is 5.00. The number of rotatable bonds is 6. The van der Waals surface area contributed by atoms with Crippen LogP contribution in [0.15, 0.2) is 24.3 Å². The monoisotopic (exact) mass is 422 g/mol. The third-order valence-electron chi connectivity index (χ3n) is 4.15. The van der Waals surface area contributed by atoms with Crippen LogP contribution in [0.2, 0.25) is 0 Å². The molecule has 29 heavy (non-hydrogen) atoms. The Morgan fingerprint density at radius 1 is 1.00 bits per heavy atom. The van der Waals surface area contributed by atoms with E-state index in [1.54, 1.807) is 13.8 Å². The summed E-state index contributed by atoms with van der Waals surface area (Å²) in [4.78, 5) is 7.31. The Morgan fingerprint density at radius 3 is 2.17 bits per heavy atom. The van der Waals surface area contributed by atoms with Crippen molar-refractivity contribution in [3.8, 4) is 0 Å². The molecule has 0 bridgehead atoms. The molecule has 0 aliphatic rings. The molecule has 5 nitrogen and oxygen atoms in total. The zero-order valence-corrected chi connectivity index (χ0v) is 15.8. The molecule has 0 amide bonds. The summed E-state index contributed by atoms with van der Waals surface area (Å²) in [6.07, 6.45) is -9.41. The van der Waals surface area contributed by atoms with Crippen LogP contribution in [0.3, 0.4) is 0 Å². The minimum atomic E-state index is -4.80. The van der Waals surface area contributed by atoms with Crippen LogP contribution in [0.25, 0.3) is 0 Å². The van der Waals surface area contributed by atoms with Crippen molar-refractivity contribution in [1.29, 1.82) is 0 Å². The first-order valence-electron chi connectivity index (χ1n) is 8.59. The lowest BCUT2D eigenvalue weighted by molar-refractivity contribution is -0.141. The zero-order valence-electron chi connectivity index (χ0n) is 15.8. The number of anilines is 3. The molecule has 1 heterocycles. The van der Waals surface area contributed by atoms with Crippen LogP contribution in [0.1, 0.15) is 30.7 Å². The fourth-order valence-electron chi connectivity index (χ4n) is 2.46. The van der Waals surface area contributed by atoms with Gasteiger partial charge in [-0.2, -0.15) is 31.3 Å². The lowest BCUT2D eigenvalue weighted by atomic mass is 10.1. The summed E-state index contributed by atoms with van der Waals surface area (Å²) in [6, 6.07) is 3.29. The fraction of sp³-hybridized carbons (Fsp3) is 0.444.